The zero-order valence-corrected chi connectivity index (χ0v) is 15.9. The van der Waals surface area contributed by atoms with Crippen molar-refractivity contribution >= 4 is 6.03 Å². The van der Waals surface area contributed by atoms with Crippen molar-refractivity contribution in [1.82, 2.24) is 20.4 Å². The minimum absolute atomic E-state index is 0.0140. The van der Waals surface area contributed by atoms with Crippen molar-refractivity contribution in [2.45, 2.75) is 76.8 Å². The van der Waals surface area contributed by atoms with Gasteiger partial charge in [-0.3, -0.25) is 0 Å². The number of piperidine rings is 1. The van der Waals surface area contributed by atoms with Gasteiger partial charge in [-0.05, 0) is 65.7 Å². The molecule has 140 valence electrons. The molecular formula is C19H38N4O. The van der Waals surface area contributed by atoms with E-state index in [-0.39, 0.29) is 12.1 Å². The molecule has 5 heteroatoms. The van der Waals surface area contributed by atoms with Gasteiger partial charge in [0.2, 0.25) is 0 Å². The van der Waals surface area contributed by atoms with Crippen molar-refractivity contribution in [1.29, 1.82) is 0 Å². The van der Waals surface area contributed by atoms with Gasteiger partial charge >= 0.3 is 6.03 Å². The van der Waals surface area contributed by atoms with E-state index >= 15 is 0 Å². The van der Waals surface area contributed by atoms with Crippen LogP contribution in [0.3, 0.4) is 0 Å². The van der Waals surface area contributed by atoms with Crippen LogP contribution in [0, 0.1) is 0 Å². The predicted octanol–water partition coefficient (Wildman–Crippen LogP) is 2.81. The molecule has 1 heterocycles. The van der Waals surface area contributed by atoms with E-state index in [2.05, 4.69) is 34.4 Å². The normalized spacial score (nSPS) is 21.6. The fraction of sp³-hybridized carbons (Fsp3) is 0.947. The monoisotopic (exact) mass is 338 g/mol. The van der Waals surface area contributed by atoms with Gasteiger partial charge in [-0.2, -0.15) is 0 Å². The summed E-state index contributed by atoms with van der Waals surface area (Å²) < 4.78 is 0. The van der Waals surface area contributed by atoms with Gasteiger partial charge in [-0.15, -0.1) is 0 Å². The molecule has 5 nitrogen and oxygen atoms in total. The van der Waals surface area contributed by atoms with E-state index in [1.807, 2.05) is 0 Å². The first-order valence-electron chi connectivity index (χ1n) is 10.1. The SMILES string of the molecule is CC(CN1CCCCC1)NC(=O)NCCCN(C)C1CCCCC1. The largest absolute Gasteiger partial charge is 0.338 e. The number of nitrogens with one attached hydrogen (secondary N) is 2. The Kier molecular flexibility index (Phi) is 8.89. The molecule has 0 radical (unpaired) electrons. The van der Waals surface area contributed by atoms with E-state index in [4.69, 9.17) is 0 Å². The summed E-state index contributed by atoms with van der Waals surface area (Å²) in [5, 5.41) is 6.09. The second-order valence-corrected chi connectivity index (χ2v) is 7.79. The molecule has 0 aromatic heterocycles. The molecule has 2 aliphatic rings. The third kappa shape index (κ3) is 7.39. The van der Waals surface area contributed by atoms with E-state index in [0.717, 1.165) is 32.1 Å². The molecule has 2 N–H and O–H groups in total. The molecule has 2 fully saturated rings. The van der Waals surface area contributed by atoms with Crippen molar-refractivity contribution in [2.24, 2.45) is 0 Å². The van der Waals surface area contributed by atoms with Gasteiger partial charge in [0.05, 0.1) is 0 Å². The molecule has 0 bridgehead atoms. The van der Waals surface area contributed by atoms with Crippen molar-refractivity contribution in [3.8, 4) is 0 Å². The average molecular weight is 339 g/mol. The fourth-order valence-electron chi connectivity index (χ4n) is 4.08. The van der Waals surface area contributed by atoms with E-state index in [0.29, 0.717) is 0 Å². The van der Waals surface area contributed by atoms with Crippen LogP contribution in [0.4, 0.5) is 4.79 Å². The van der Waals surface area contributed by atoms with E-state index < -0.39 is 0 Å². The number of carbonyl (C=O) groups excluding carboxylic acids is 1. The first-order chi connectivity index (χ1) is 11.6. The highest BCUT2D eigenvalue weighted by atomic mass is 16.2. The maximum atomic E-state index is 12.0. The standard InChI is InChI=1S/C19H38N4O/c1-17(16-23-14-7-4-8-15-23)21-19(24)20-12-9-13-22(2)18-10-5-3-6-11-18/h17-18H,3-16H2,1-2H3,(H2,20,21,24). The van der Waals surface area contributed by atoms with Crippen molar-refractivity contribution in [2.75, 3.05) is 39.8 Å². The van der Waals surface area contributed by atoms with Gasteiger partial charge in [0.25, 0.3) is 0 Å². The highest BCUT2D eigenvalue weighted by Crippen LogP contribution is 2.21. The van der Waals surface area contributed by atoms with Crippen LogP contribution in [0.2, 0.25) is 0 Å². The molecule has 0 spiro atoms. The number of hydrogen-bond acceptors (Lipinski definition) is 3. The molecule has 0 aromatic carbocycles. The lowest BCUT2D eigenvalue weighted by atomic mass is 9.94. The molecule has 1 unspecified atom stereocenters. The minimum Gasteiger partial charge on any atom is -0.338 e. The topological polar surface area (TPSA) is 47.6 Å². The molecule has 1 atom stereocenters. The van der Waals surface area contributed by atoms with Crippen LogP contribution in [-0.4, -0.2) is 67.7 Å². The number of amides is 2. The second kappa shape index (κ2) is 10.9. The Bertz CT molecular complexity index is 351. The van der Waals surface area contributed by atoms with E-state index in [1.54, 1.807) is 0 Å². The second-order valence-electron chi connectivity index (χ2n) is 7.79. The fourth-order valence-corrected chi connectivity index (χ4v) is 4.08. The van der Waals surface area contributed by atoms with Crippen LogP contribution in [0.15, 0.2) is 0 Å². The van der Waals surface area contributed by atoms with Crippen LogP contribution in [0.25, 0.3) is 0 Å². The van der Waals surface area contributed by atoms with Gasteiger partial charge in [-0.25, -0.2) is 4.79 Å². The third-order valence-corrected chi connectivity index (χ3v) is 5.53. The third-order valence-electron chi connectivity index (χ3n) is 5.53. The molecule has 1 aliphatic heterocycles. The number of nitrogens with zero attached hydrogens (tertiary/aromatic N) is 2. The van der Waals surface area contributed by atoms with Crippen molar-refractivity contribution < 1.29 is 4.79 Å². The average Bonchev–Trinajstić information content (AvgIpc) is 2.60. The van der Waals surface area contributed by atoms with Gasteiger partial charge in [-0.1, -0.05) is 25.7 Å². The molecule has 2 amide bonds. The molecule has 2 rings (SSSR count). The summed E-state index contributed by atoms with van der Waals surface area (Å²) in [6.45, 7) is 7.28. The Morgan fingerprint density at radius 3 is 2.50 bits per heavy atom. The van der Waals surface area contributed by atoms with Crippen LogP contribution in [0.5, 0.6) is 0 Å². The van der Waals surface area contributed by atoms with E-state index in [1.165, 1.54) is 64.5 Å². The molecule has 1 saturated carbocycles. The lowest BCUT2D eigenvalue weighted by Crippen LogP contribution is -2.47. The predicted molar refractivity (Wildman–Crippen MR) is 100 cm³/mol. The van der Waals surface area contributed by atoms with Gasteiger partial charge in [0, 0.05) is 25.2 Å². The highest BCUT2D eigenvalue weighted by Gasteiger charge is 2.17. The summed E-state index contributed by atoms with van der Waals surface area (Å²) in [6.07, 6.45) is 11.8. The van der Waals surface area contributed by atoms with Gasteiger partial charge < -0.3 is 20.4 Å². The number of rotatable bonds is 8. The van der Waals surface area contributed by atoms with Gasteiger partial charge in [0.1, 0.15) is 0 Å². The number of hydrogen-bond donors (Lipinski definition) is 2. The van der Waals surface area contributed by atoms with Crippen LogP contribution < -0.4 is 10.6 Å². The van der Waals surface area contributed by atoms with Crippen molar-refractivity contribution in [3.63, 3.8) is 0 Å². The maximum absolute atomic E-state index is 12.0. The Hall–Kier alpha value is -0.810. The van der Waals surface area contributed by atoms with Crippen molar-refractivity contribution in [3.05, 3.63) is 0 Å². The zero-order chi connectivity index (χ0) is 17.2. The number of likely N-dealkylation sites (tertiary alicyclic amines) is 1. The summed E-state index contributed by atoms with van der Waals surface area (Å²) in [5.74, 6) is 0. The first kappa shape index (κ1) is 19.5. The van der Waals surface area contributed by atoms with Crippen LogP contribution >= 0.6 is 0 Å². The summed E-state index contributed by atoms with van der Waals surface area (Å²) >= 11 is 0. The zero-order valence-electron chi connectivity index (χ0n) is 15.9. The molecular weight excluding hydrogens is 300 g/mol. The Balaban J connectivity index is 1.50. The summed E-state index contributed by atoms with van der Waals surface area (Å²) in [4.78, 5) is 16.9. The lowest BCUT2D eigenvalue weighted by molar-refractivity contribution is 0.188. The molecule has 24 heavy (non-hydrogen) atoms. The van der Waals surface area contributed by atoms with Gasteiger partial charge in [0.15, 0.2) is 0 Å². The molecule has 1 aliphatic carbocycles. The first-order valence-corrected chi connectivity index (χ1v) is 10.1. The highest BCUT2D eigenvalue weighted by molar-refractivity contribution is 5.74. The Morgan fingerprint density at radius 2 is 1.79 bits per heavy atom. The molecule has 1 saturated heterocycles. The van der Waals surface area contributed by atoms with Crippen LogP contribution in [-0.2, 0) is 0 Å². The summed E-state index contributed by atoms with van der Waals surface area (Å²) in [5.41, 5.74) is 0. The number of carbonyl (C=O) groups is 1. The lowest BCUT2D eigenvalue weighted by Gasteiger charge is -2.31. The molecule has 0 aromatic rings. The quantitative estimate of drug-likeness (QED) is 0.669. The minimum atomic E-state index is -0.0140. The smallest absolute Gasteiger partial charge is 0.315 e. The number of urea groups is 1. The van der Waals surface area contributed by atoms with E-state index in [9.17, 15) is 4.79 Å². The summed E-state index contributed by atoms with van der Waals surface area (Å²) in [6, 6.07) is 0.963. The maximum Gasteiger partial charge on any atom is 0.315 e. The Labute approximate surface area is 148 Å². The summed E-state index contributed by atoms with van der Waals surface area (Å²) in [7, 11) is 2.23. The Morgan fingerprint density at radius 1 is 1.12 bits per heavy atom. The van der Waals surface area contributed by atoms with Crippen LogP contribution in [0.1, 0.15) is 64.7 Å².